The molecule has 0 unspecified atom stereocenters. The number of hydrogen-bond donors (Lipinski definition) is 1. The fourth-order valence-electron chi connectivity index (χ4n) is 2.29. The molecule has 1 aromatic heterocycles. The molecule has 0 atom stereocenters. The molecule has 0 aliphatic heterocycles. The van der Waals surface area contributed by atoms with Gasteiger partial charge in [0, 0.05) is 29.3 Å². The van der Waals surface area contributed by atoms with E-state index in [0.29, 0.717) is 16.7 Å². The van der Waals surface area contributed by atoms with Crippen LogP contribution in [0.2, 0.25) is 0 Å². The fourth-order valence-corrected chi connectivity index (χ4v) is 3.17. The van der Waals surface area contributed by atoms with Gasteiger partial charge in [0.1, 0.15) is 5.82 Å². The predicted octanol–water partition coefficient (Wildman–Crippen LogP) is 3.95. The van der Waals surface area contributed by atoms with Crippen LogP contribution in [-0.4, -0.2) is 26.4 Å². The standard InChI is InChI=1S/C16H17ClN4OS/c1-10(17)9-23-16-20-19-15(12-6-7-12)21(16)14-5-3-4-13(8-14)18-11(2)22/h3-5,8,12H,1,6-7,9H2,2H3,(H,18,22). The molecule has 2 aromatic rings. The topological polar surface area (TPSA) is 59.8 Å². The molecule has 1 aliphatic rings. The van der Waals surface area contributed by atoms with Gasteiger partial charge < -0.3 is 5.32 Å². The summed E-state index contributed by atoms with van der Waals surface area (Å²) < 4.78 is 2.05. The van der Waals surface area contributed by atoms with Crippen molar-refractivity contribution in [1.82, 2.24) is 14.8 Å². The first kappa shape index (κ1) is 16.1. The zero-order valence-corrected chi connectivity index (χ0v) is 14.3. The number of nitrogens with zero attached hydrogens (tertiary/aromatic N) is 3. The van der Waals surface area contributed by atoms with Crippen LogP contribution >= 0.6 is 23.4 Å². The Hall–Kier alpha value is -1.79. The fraction of sp³-hybridized carbons (Fsp3) is 0.312. The van der Waals surface area contributed by atoms with Gasteiger partial charge in [-0.25, -0.2) is 0 Å². The van der Waals surface area contributed by atoms with E-state index in [1.165, 1.54) is 18.7 Å². The number of carbonyl (C=O) groups excluding carboxylic acids is 1. The highest BCUT2D eigenvalue weighted by Gasteiger charge is 2.31. The molecule has 1 N–H and O–H groups in total. The van der Waals surface area contributed by atoms with E-state index in [2.05, 4.69) is 22.1 Å². The van der Waals surface area contributed by atoms with E-state index >= 15 is 0 Å². The van der Waals surface area contributed by atoms with Crippen molar-refractivity contribution in [3.05, 3.63) is 41.7 Å². The first-order valence-corrected chi connectivity index (χ1v) is 8.70. The van der Waals surface area contributed by atoms with Crippen LogP contribution in [-0.2, 0) is 4.79 Å². The van der Waals surface area contributed by atoms with Crippen LogP contribution in [0.25, 0.3) is 5.69 Å². The van der Waals surface area contributed by atoms with Crippen molar-refractivity contribution in [2.24, 2.45) is 0 Å². The monoisotopic (exact) mass is 348 g/mol. The average Bonchev–Trinajstić information content (AvgIpc) is 3.24. The van der Waals surface area contributed by atoms with Crippen LogP contribution in [0.15, 0.2) is 41.0 Å². The van der Waals surface area contributed by atoms with Gasteiger partial charge in [-0.05, 0) is 31.0 Å². The van der Waals surface area contributed by atoms with Crippen molar-refractivity contribution in [1.29, 1.82) is 0 Å². The number of rotatable bonds is 6. The SMILES string of the molecule is C=C(Cl)CSc1nnc(C2CC2)n1-c1cccc(NC(C)=O)c1. The summed E-state index contributed by atoms with van der Waals surface area (Å²) in [5.41, 5.74) is 1.69. The van der Waals surface area contributed by atoms with Crippen molar-refractivity contribution < 1.29 is 4.79 Å². The van der Waals surface area contributed by atoms with E-state index in [-0.39, 0.29) is 5.91 Å². The van der Waals surface area contributed by atoms with Gasteiger partial charge >= 0.3 is 0 Å². The second-order valence-electron chi connectivity index (χ2n) is 5.49. The second kappa shape index (κ2) is 6.76. The van der Waals surface area contributed by atoms with Crippen LogP contribution in [0.1, 0.15) is 31.5 Å². The number of amides is 1. The minimum Gasteiger partial charge on any atom is -0.326 e. The van der Waals surface area contributed by atoms with Crippen molar-refractivity contribution in [2.75, 3.05) is 11.1 Å². The highest BCUT2D eigenvalue weighted by Crippen LogP contribution is 2.41. The summed E-state index contributed by atoms with van der Waals surface area (Å²) in [6, 6.07) is 7.68. The zero-order valence-electron chi connectivity index (χ0n) is 12.8. The van der Waals surface area contributed by atoms with Gasteiger partial charge in [0.25, 0.3) is 0 Å². The number of aromatic nitrogens is 3. The number of thioether (sulfide) groups is 1. The molecule has 7 heteroatoms. The molecule has 120 valence electrons. The molecule has 0 spiro atoms. The Bertz CT molecular complexity index is 754. The summed E-state index contributed by atoms with van der Waals surface area (Å²) in [7, 11) is 0. The van der Waals surface area contributed by atoms with Gasteiger partial charge in [0.05, 0.1) is 5.69 Å². The number of halogens is 1. The lowest BCUT2D eigenvalue weighted by atomic mass is 10.2. The molecule has 0 bridgehead atoms. The maximum atomic E-state index is 11.3. The molecule has 1 amide bonds. The summed E-state index contributed by atoms with van der Waals surface area (Å²) >= 11 is 7.38. The van der Waals surface area contributed by atoms with E-state index in [9.17, 15) is 4.79 Å². The molecular weight excluding hydrogens is 332 g/mol. The highest BCUT2D eigenvalue weighted by atomic mass is 35.5. The molecule has 1 fully saturated rings. The molecule has 0 saturated heterocycles. The molecule has 23 heavy (non-hydrogen) atoms. The Balaban J connectivity index is 1.97. The zero-order chi connectivity index (χ0) is 16.4. The lowest BCUT2D eigenvalue weighted by Crippen LogP contribution is -2.07. The number of anilines is 1. The summed E-state index contributed by atoms with van der Waals surface area (Å²) in [4.78, 5) is 11.3. The predicted molar refractivity (Wildman–Crippen MR) is 93.4 cm³/mol. The van der Waals surface area contributed by atoms with Gasteiger partial charge in [-0.1, -0.05) is 36.0 Å². The Kier molecular flexibility index (Phi) is 4.73. The molecule has 3 rings (SSSR count). The number of carbonyl (C=O) groups is 1. The normalized spacial score (nSPS) is 13.8. The quantitative estimate of drug-likeness (QED) is 0.803. The van der Waals surface area contributed by atoms with Gasteiger partial charge in [-0.15, -0.1) is 10.2 Å². The summed E-state index contributed by atoms with van der Waals surface area (Å²) in [6.07, 6.45) is 2.27. The third kappa shape index (κ3) is 3.95. The maximum Gasteiger partial charge on any atom is 0.221 e. The number of nitrogens with one attached hydrogen (secondary N) is 1. The molecule has 1 saturated carbocycles. The molecule has 1 aromatic carbocycles. The van der Waals surface area contributed by atoms with Crippen LogP contribution in [0.3, 0.4) is 0 Å². The minimum atomic E-state index is -0.0960. The smallest absolute Gasteiger partial charge is 0.221 e. The Labute approximate surface area is 144 Å². The van der Waals surface area contributed by atoms with Gasteiger partial charge in [-0.3, -0.25) is 9.36 Å². The summed E-state index contributed by atoms with van der Waals surface area (Å²) in [5.74, 6) is 1.91. The third-order valence-corrected chi connectivity index (χ3v) is 4.69. The Morgan fingerprint density at radius 1 is 1.48 bits per heavy atom. The third-order valence-electron chi connectivity index (χ3n) is 3.38. The molecule has 5 nitrogen and oxygen atoms in total. The molecular formula is C16H17ClN4OS. The largest absolute Gasteiger partial charge is 0.326 e. The maximum absolute atomic E-state index is 11.3. The van der Waals surface area contributed by atoms with Gasteiger partial charge in [0.15, 0.2) is 5.16 Å². The van der Waals surface area contributed by atoms with Crippen molar-refractivity contribution in [2.45, 2.75) is 30.8 Å². The summed E-state index contributed by atoms with van der Waals surface area (Å²) in [6.45, 7) is 5.21. The number of hydrogen-bond acceptors (Lipinski definition) is 4. The van der Waals surface area contributed by atoms with E-state index in [1.54, 1.807) is 0 Å². The van der Waals surface area contributed by atoms with Crippen molar-refractivity contribution in [3.63, 3.8) is 0 Å². The first-order chi connectivity index (χ1) is 11.0. The van der Waals surface area contributed by atoms with Gasteiger partial charge in [0.2, 0.25) is 5.91 Å². The molecule has 1 aliphatic carbocycles. The van der Waals surface area contributed by atoms with Crippen molar-refractivity contribution in [3.8, 4) is 5.69 Å². The lowest BCUT2D eigenvalue weighted by Gasteiger charge is -2.11. The van der Waals surface area contributed by atoms with E-state index in [0.717, 1.165) is 35.2 Å². The molecule has 0 radical (unpaired) electrons. The van der Waals surface area contributed by atoms with Crippen LogP contribution < -0.4 is 5.32 Å². The Morgan fingerprint density at radius 2 is 2.26 bits per heavy atom. The minimum absolute atomic E-state index is 0.0960. The van der Waals surface area contributed by atoms with Crippen LogP contribution in [0, 0.1) is 0 Å². The van der Waals surface area contributed by atoms with E-state index in [1.807, 2.05) is 28.8 Å². The molecule has 1 heterocycles. The van der Waals surface area contributed by atoms with Crippen LogP contribution in [0.5, 0.6) is 0 Å². The van der Waals surface area contributed by atoms with E-state index < -0.39 is 0 Å². The van der Waals surface area contributed by atoms with Crippen molar-refractivity contribution >= 4 is 35.0 Å². The lowest BCUT2D eigenvalue weighted by molar-refractivity contribution is -0.114. The second-order valence-corrected chi connectivity index (χ2v) is 6.96. The van der Waals surface area contributed by atoms with Gasteiger partial charge in [-0.2, -0.15) is 0 Å². The average molecular weight is 349 g/mol. The van der Waals surface area contributed by atoms with E-state index in [4.69, 9.17) is 11.6 Å². The highest BCUT2D eigenvalue weighted by molar-refractivity contribution is 7.99. The summed E-state index contributed by atoms with van der Waals surface area (Å²) in [5, 5.41) is 12.8. The number of benzene rings is 1. The first-order valence-electron chi connectivity index (χ1n) is 7.34. The Morgan fingerprint density at radius 3 is 2.91 bits per heavy atom. The van der Waals surface area contributed by atoms with Crippen LogP contribution in [0.4, 0.5) is 5.69 Å².